The number of hydrogen-bond acceptors (Lipinski definition) is 3. The van der Waals surface area contributed by atoms with Gasteiger partial charge in [-0.15, -0.1) is 0 Å². The number of anilines is 1. The fraction of sp³-hybridized carbons (Fsp3) is 0. The Kier molecular flexibility index (Phi) is 2.32. The minimum Gasteiger partial charge on any atom is -0.457 e. The Morgan fingerprint density at radius 2 is 1.43 bits per heavy atom. The molecule has 0 aliphatic heterocycles. The summed E-state index contributed by atoms with van der Waals surface area (Å²) in [4.78, 5) is 3.90. The molecule has 0 bridgehead atoms. The van der Waals surface area contributed by atoms with Crippen LogP contribution in [0.15, 0.2) is 48.8 Å². The van der Waals surface area contributed by atoms with Crippen molar-refractivity contribution in [3.05, 3.63) is 48.8 Å². The van der Waals surface area contributed by atoms with Gasteiger partial charge in [-0.05, 0) is 36.4 Å². The van der Waals surface area contributed by atoms with Crippen LogP contribution in [0.2, 0.25) is 0 Å². The number of nitrogen functional groups attached to an aromatic ring is 1. The number of benzene rings is 1. The Morgan fingerprint density at radius 3 is 2.07 bits per heavy atom. The van der Waals surface area contributed by atoms with Crippen molar-refractivity contribution in [2.45, 2.75) is 0 Å². The third-order valence-corrected chi connectivity index (χ3v) is 1.77. The van der Waals surface area contributed by atoms with Gasteiger partial charge in [0.15, 0.2) is 0 Å². The lowest BCUT2D eigenvalue weighted by atomic mass is 10.3. The van der Waals surface area contributed by atoms with Crippen LogP contribution in [0.4, 0.5) is 5.69 Å². The number of pyridine rings is 1. The van der Waals surface area contributed by atoms with Crippen molar-refractivity contribution in [1.82, 2.24) is 4.98 Å². The van der Waals surface area contributed by atoms with E-state index in [1.54, 1.807) is 36.7 Å². The van der Waals surface area contributed by atoms with Crippen molar-refractivity contribution < 1.29 is 4.74 Å². The molecule has 0 spiro atoms. The molecule has 1 aromatic carbocycles. The number of rotatable bonds is 2. The van der Waals surface area contributed by atoms with E-state index in [0.717, 1.165) is 17.2 Å². The minimum absolute atomic E-state index is 0.729. The standard InChI is InChI=1S/C11H10N2O/c12-9-1-3-10(4-2-9)14-11-5-7-13-8-6-11/h1-8H,12H2. The molecule has 1 aromatic heterocycles. The molecule has 0 atom stereocenters. The molecular weight excluding hydrogens is 176 g/mol. The topological polar surface area (TPSA) is 48.1 Å². The van der Waals surface area contributed by atoms with Crippen LogP contribution in [-0.4, -0.2) is 4.98 Å². The molecule has 0 fully saturated rings. The Bertz CT molecular complexity index is 397. The summed E-state index contributed by atoms with van der Waals surface area (Å²) >= 11 is 0. The molecule has 0 amide bonds. The van der Waals surface area contributed by atoms with Crippen LogP contribution in [0.3, 0.4) is 0 Å². The normalized spacial score (nSPS) is 9.71. The van der Waals surface area contributed by atoms with E-state index in [2.05, 4.69) is 4.98 Å². The molecule has 1 heterocycles. The lowest BCUT2D eigenvalue weighted by molar-refractivity contribution is 0.482. The minimum atomic E-state index is 0.729. The number of nitrogens with two attached hydrogens (primary N) is 1. The number of ether oxygens (including phenoxy) is 1. The first-order chi connectivity index (χ1) is 6.84. The van der Waals surface area contributed by atoms with Crippen molar-refractivity contribution >= 4 is 5.69 Å². The zero-order chi connectivity index (χ0) is 9.80. The average Bonchev–Trinajstić information content (AvgIpc) is 2.23. The monoisotopic (exact) mass is 186 g/mol. The first kappa shape index (κ1) is 8.56. The lowest BCUT2D eigenvalue weighted by Crippen LogP contribution is -1.86. The van der Waals surface area contributed by atoms with Gasteiger partial charge in [-0.1, -0.05) is 0 Å². The molecule has 3 nitrogen and oxygen atoms in total. The van der Waals surface area contributed by atoms with Crippen molar-refractivity contribution in [2.75, 3.05) is 5.73 Å². The quantitative estimate of drug-likeness (QED) is 0.733. The second-order valence-electron chi connectivity index (χ2n) is 2.85. The SMILES string of the molecule is Nc1ccc(Oc2ccncc2)cc1. The van der Waals surface area contributed by atoms with Gasteiger partial charge >= 0.3 is 0 Å². The zero-order valence-electron chi connectivity index (χ0n) is 7.55. The summed E-state index contributed by atoms with van der Waals surface area (Å²) in [5.74, 6) is 1.54. The fourth-order valence-corrected chi connectivity index (χ4v) is 1.08. The van der Waals surface area contributed by atoms with Gasteiger partial charge in [0.05, 0.1) is 0 Å². The van der Waals surface area contributed by atoms with E-state index in [1.807, 2.05) is 12.1 Å². The average molecular weight is 186 g/mol. The summed E-state index contributed by atoms with van der Waals surface area (Å²) in [6.45, 7) is 0. The van der Waals surface area contributed by atoms with Crippen LogP contribution in [0.25, 0.3) is 0 Å². The van der Waals surface area contributed by atoms with E-state index in [4.69, 9.17) is 10.5 Å². The first-order valence-electron chi connectivity index (χ1n) is 4.28. The van der Waals surface area contributed by atoms with Gasteiger partial charge in [0.2, 0.25) is 0 Å². The predicted molar refractivity (Wildman–Crippen MR) is 55.2 cm³/mol. The van der Waals surface area contributed by atoms with Crippen molar-refractivity contribution in [1.29, 1.82) is 0 Å². The summed E-state index contributed by atoms with van der Waals surface area (Å²) in [7, 11) is 0. The highest BCUT2D eigenvalue weighted by Crippen LogP contribution is 2.20. The maximum Gasteiger partial charge on any atom is 0.130 e. The van der Waals surface area contributed by atoms with E-state index in [0.29, 0.717) is 0 Å². The number of nitrogens with zero attached hydrogens (tertiary/aromatic N) is 1. The maximum absolute atomic E-state index is 5.55. The smallest absolute Gasteiger partial charge is 0.130 e. The van der Waals surface area contributed by atoms with Gasteiger partial charge in [0.1, 0.15) is 11.5 Å². The zero-order valence-corrected chi connectivity index (χ0v) is 7.55. The summed E-state index contributed by atoms with van der Waals surface area (Å²) in [5.41, 5.74) is 6.28. The molecule has 0 unspecified atom stereocenters. The van der Waals surface area contributed by atoms with Gasteiger partial charge < -0.3 is 10.5 Å². The van der Waals surface area contributed by atoms with Crippen molar-refractivity contribution in [2.24, 2.45) is 0 Å². The molecule has 2 rings (SSSR count). The predicted octanol–water partition coefficient (Wildman–Crippen LogP) is 2.46. The van der Waals surface area contributed by atoms with Gasteiger partial charge in [0, 0.05) is 18.1 Å². The fourth-order valence-electron chi connectivity index (χ4n) is 1.08. The third-order valence-electron chi connectivity index (χ3n) is 1.77. The lowest BCUT2D eigenvalue weighted by Gasteiger charge is -2.04. The van der Waals surface area contributed by atoms with Gasteiger partial charge in [-0.2, -0.15) is 0 Å². The van der Waals surface area contributed by atoms with E-state index in [9.17, 15) is 0 Å². The van der Waals surface area contributed by atoms with Gasteiger partial charge in [-0.25, -0.2) is 0 Å². The van der Waals surface area contributed by atoms with Gasteiger partial charge in [0.25, 0.3) is 0 Å². The second-order valence-corrected chi connectivity index (χ2v) is 2.85. The molecule has 0 saturated heterocycles. The molecule has 14 heavy (non-hydrogen) atoms. The van der Waals surface area contributed by atoms with Crippen LogP contribution in [0.1, 0.15) is 0 Å². The van der Waals surface area contributed by atoms with E-state index < -0.39 is 0 Å². The van der Waals surface area contributed by atoms with E-state index >= 15 is 0 Å². The highest BCUT2D eigenvalue weighted by Gasteiger charge is 1.94. The second kappa shape index (κ2) is 3.79. The largest absolute Gasteiger partial charge is 0.457 e. The first-order valence-corrected chi connectivity index (χ1v) is 4.28. The highest BCUT2D eigenvalue weighted by atomic mass is 16.5. The summed E-state index contributed by atoms with van der Waals surface area (Å²) in [6.07, 6.45) is 3.37. The molecular formula is C11H10N2O. The molecule has 2 aromatic rings. The van der Waals surface area contributed by atoms with Crippen LogP contribution in [0, 0.1) is 0 Å². The Morgan fingerprint density at radius 1 is 0.857 bits per heavy atom. The number of aromatic nitrogens is 1. The highest BCUT2D eigenvalue weighted by molar-refractivity contribution is 5.42. The molecule has 0 radical (unpaired) electrons. The number of hydrogen-bond donors (Lipinski definition) is 1. The molecule has 0 saturated carbocycles. The van der Waals surface area contributed by atoms with Crippen LogP contribution >= 0.6 is 0 Å². The van der Waals surface area contributed by atoms with Crippen molar-refractivity contribution in [3.63, 3.8) is 0 Å². The third kappa shape index (κ3) is 2.01. The van der Waals surface area contributed by atoms with E-state index in [1.165, 1.54) is 0 Å². The maximum atomic E-state index is 5.55. The van der Waals surface area contributed by atoms with Crippen LogP contribution in [0.5, 0.6) is 11.5 Å². The van der Waals surface area contributed by atoms with Gasteiger partial charge in [-0.3, -0.25) is 4.98 Å². The van der Waals surface area contributed by atoms with Crippen LogP contribution < -0.4 is 10.5 Å². The summed E-state index contributed by atoms with van der Waals surface area (Å²) in [5, 5.41) is 0. The Hall–Kier alpha value is -2.03. The summed E-state index contributed by atoms with van der Waals surface area (Å²) < 4.78 is 5.54. The molecule has 0 aliphatic rings. The van der Waals surface area contributed by atoms with Crippen molar-refractivity contribution in [3.8, 4) is 11.5 Å². The summed E-state index contributed by atoms with van der Waals surface area (Å²) in [6, 6.07) is 10.9. The Balaban J connectivity index is 2.16. The Labute approximate surface area is 82.2 Å². The van der Waals surface area contributed by atoms with E-state index in [-0.39, 0.29) is 0 Å². The molecule has 70 valence electrons. The molecule has 0 aliphatic carbocycles. The molecule has 2 N–H and O–H groups in total. The van der Waals surface area contributed by atoms with Crippen LogP contribution in [-0.2, 0) is 0 Å². The molecule has 3 heteroatoms.